The first-order valence-corrected chi connectivity index (χ1v) is 12.4. The van der Waals surface area contributed by atoms with Crippen LogP contribution in [0.4, 0.5) is 5.95 Å². The molecular formula is C23H29N7O3S. The first-order chi connectivity index (χ1) is 16.4. The molecule has 1 aliphatic carbocycles. The molecule has 2 atom stereocenters. The number of anilines is 1. The zero-order chi connectivity index (χ0) is 24.1. The summed E-state index contributed by atoms with van der Waals surface area (Å²) in [6, 6.07) is 5.63. The Labute approximate surface area is 202 Å². The summed E-state index contributed by atoms with van der Waals surface area (Å²) in [6.45, 7) is 4.41. The number of ether oxygens (including phenoxy) is 1. The van der Waals surface area contributed by atoms with Crippen LogP contribution in [0.3, 0.4) is 0 Å². The largest absolute Gasteiger partial charge is 0.489 e. The maximum atomic E-state index is 11.3. The molecule has 180 valence electrons. The van der Waals surface area contributed by atoms with E-state index < -0.39 is 5.97 Å². The summed E-state index contributed by atoms with van der Waals surface area (Å²) in [7, 11) is 1.84. The van der Waals surface area contributed by atoms with Crippen molar-refractivity contribution in [1.82, 2.24) is 29.9 Å². The molecule has 0 radical (unpaired) electrons. The number of carboxylic acids is 1. The van der Waals surface area contributed by atoms with E-state index in [2.05, 4.69) is 32.5 Å². The molecule has 0 aromatic carbocycles. The number of hydrogen-bond donors (Lipinski definition) is 2. The molecule has 1 saturated carbocycles. The van der Waals surface area contributed by atoms with Crippen LogP contribution in [0.2, 0.25) is 0 Å². The number of carboxylic acid groups (broad SMARTS) is 1. The fraction of sp³-hybridized carbons (Fsp3) is 0.478. The van der Waals surface area contributed by atoms with E-state index in [-0.39, 0.29) is 12.0 Å². The zero-order valence-electron chi connectivity index (χ0n) is 19.6. The monoisotopic (exact) mass is 483 g/mol. The summed E-state index contributed by atoms with van der Waals surface area (Å²) >= 11 is 1.66. The van der Waals surface area contributed by atoms with Crippen molar-refractivity contribution in [3.8, 4) is 17.1 Å². The van der Waals surface area contributed by atoms with Crippen molar-refractivity contribution >= 4 is 23.7 Å². The quantitative estimate of drug-likeness (QED) is 0.343. The van der Waals surface area contributed by atoms with Gasteiger partial charge in [0.25, 0.3) is 0 Å². The molecule has 3 aromatic rings. The van der Waals surface area contributed by atoms with E-state index in [4.69, 9.17) is 9.72 Å². The highest BCUT2D eigenvalue weighted by Crippen LogP contribution is 2.30. The van der Waals surface area contributed by atoms with Crippen LogP contribution < -0.4 is 10.1 Å². The van der Waals surface area contributed by atoms with Crippen LogP contribution >= 0.6 is 11.8 Å². The molecule has 0 spiro atoms. The number of carbonyl (C=O) groups is 1. The second kappa shape index (κ2) is 10.8. The highest BCUT2D eigenvalue weighted by Gasteiger charge is 2.28. The lowest BCUT2D eigenvalue weighted by Gasteiger charge is -2.27. The van der Waals surface area contributed by atoms with Gasteiger partial charge in [-0.25, -0.2) is 19.6 Å². The minimum absolute atomic E-state index is 0.112. The molecular weight excluding hydrogens is 454 g/mol. The lowest BCUT2D eigenvalue weighted by molar-refractivity contribution is -0.143. The Balaban J connectivity index is 1.47. The Hall–Kier alpha value is -3.21. The van der Waals surface area contributed by atoms with Crippen molar-refractivity contribution in [2.24, 2.45) is 13.0 Å². The number of aliphatic carboxylic acids is 1. The molecule has 0 aliphatic heterocycles. The predicted octanol–water partition coefficient (Wildman–Crippen LogP) is 3.72. The smallest absolute Gasteiger partial charge is 0.306 e. The second-order valence-electron chi connectivity index (χ2n) is 8.24. The lowest BCUT2D eigenvalue weighted by Crippen LogP contribution is -2.29. The third kappa shape index (κ3) is 5.64. The number of nitrogens with one attached hydrogen (secondary N) is 1. The van der Waals surface area contributed by atoms with Crippen LogP contribution in [0.5, 0.6) is 5.75 Å². The van der Waals surface area contributed by atoms with Gasteiger partial charge in [0.2, 0.25) is 5.95 Å². The van der Waals surface area contributed by atoms with E-state index in [0.717, 1.165) is 35.0 Å². The molecule has 1 fully saturated rings. The summed E-state index contributed by atoms with van der Waals surface area (Å²) < 4.78 is 7.84. The first-order valence-electron chi connectivity index (χ1n) is 11.4. The van der Waals surface area contributed by atoms with E-state index in [9.17, 15) is 9.90 Å². The van der Waals surface area contributed by atoms with E-state index >= 15 is 0 Å². The molecule has 10 nitrogen and oxygen atoms in total. The molecule has 0 saturated heterocycles. The third-order valence-electron chi connectivity index (χ3n) is 5.83. The molecule has 2 N–H and O–H groups in total. The van der Waals surface area contributed by atoms with Crippen LogP contribution in [0.25, 0.3) is 11.4 Å². The highest BCUT2D eigenvalue weighted by molar-refractivity contribution is 7.99. The zero-order valence-corrected chi connectivity index (χ0v) is 20.4. The summed E-state index contributed by atoms with van der Waals surface area (Å²) in [4.78, 5) is 24.9. The highest BCUT2D eigenvalue weighted by atomic mass is 32.2. The Morgan fingerprint density at radius 3 is 2.91 bits per heavy atom. The van der Waals surface area contributed by atoms with Crippen molar-refractivity contribution in [2.75, 3.05) is 11.1 Å². The first kappa shape index (κ1) is 23.9. The van der Waals surface area contributed by atoms with Gasteiger partial charge < -0.3 is 15.2 Å². The van der Waals surface area contributed by atoms with Crippen molar-refractivity contribution in [3.05, 3.63) is 35.8 Å². The summed E-state index contributed by atoms with van der Waals surface area (Å²) in [6.07, 6.45) is 4.57. The fourth-order valence-electron chi connectivity index (χ4n) is 4.05. The second-order valence-corrected chi connectivity index (χ2v) is 9.52. The number of aryl methyl sites for hydroxylation is 2. The van der Waals surface area contributed by atoms with Gasteiger partial charge >= 0.3 is 5.97 Å². The summed E-state index contributed by atoms with van der Waals surface area (Å²) in [5.41, 5.74) is 2.95. The standard InChI is InChI=1S/C23H29N7O3S/c1-4-34-20-10-11-24-23(27-20)25-13-18-21(28-29-30(18)3)17-8-9-19(14(2)26-17)33-16-7-5-6-15(12-16)22(31)32/h8-11,15-16H,4-7,12-13H2,1-3H3,(H,31,32)(H,24,25,27)/t15-,16-/m0/s1. The molecule has 1 aliphatic rings. The minimum atomic E-state index is -0.747. The normalized spacial score (nSPS) is 18.0. The van der Waals surface area contributed by atoms with E-state index in [1.807, 2.05) is 32.2 Å². The van der Waals surface area contributed by atoms with Crippen molar-refractivity contribution in [1.29, 1.82) is 0 Å². The average Bonchev–Trinajstić information content (AvgIpc) is 3.20. The predicted molar refractivity (Wildman–Crippen MR) is 129 cm³/mol. The van der Waals surface area contributed by atoms with E-state index in [0.29, 0.717) is 42.5 Å². The molecule has 0 bridgehead atoms. The van der Waals surface area contributed by atoms with Crippen molar-refractivity contribution in [3.63, 3.8) is 0 Å². The molecule has 34 heavy (non-hydrogen) atoms. The van der Waals surface area contributed by atoms with E-state index in [1.165, 1.54) is 0 Å². The molecule has 3 heterocycles. The molecule has 11 heteroatoms. The van der Waals surface area contributed by atoms with Crippen molar-refractivity contribution < 1.29 is 14.6 Å². The van der Waals surface area contributed by atoms with Gasteiger partial charge in [-0.3, -0.25) is 4.79 Å². The average molecular weight is 484 g/mol. The topological polar surface area (TPSA) is 128 Å². The SMILES string of the molecule is CCSc1ccnc(NCc2c(-c3ccc(O[C@H]4CCC[C@H](C(=O)O)C4)c(C)n3)nnn2C)n1. The fourth-order valence-corrected chi connectivity index (χ4v) is 4.66. The maximum absolute atomic E-state index is 11.3. The summed E-state index contributed by atoms with van der Waals surface area (Å²) in [5, 5.41) is 22.0. The van der Waals surface area contributed by atoms with Gasteiger partial charge in [-0.05, 0) is 56.6 Å². The van der Waals surface area contributed by atoms with Gasteiger partial charge in [0, 0.05) is 13.2 Å². The molecule has 0 amide bonds. The minimum Gasteiger partial charge on any atom is -0.489 e. The Kier molecular flexibility index (Phi) is 7.61. The Morgan fingerprint density at radius 1 is 1.29 bits per heavy atom. The number of aromatic nitrogens is 6. The van der Waals surface area contributed by atoms with Crippen LogP contribution in [0, 0.1) is 12.8 Å². The van der Waals surface area contributed by atoms with E-state index in [1.54, 1.807) is 22.6 Å². The van der Waals surface area contributed by atoms with Gasteiger partial charge in [0.05, 0.1) is 35.6 Å². The number of rotatable bonds is 9. The number of hydrogen-bond acceptors (Lipinski definition) is 9. The summed E-state index contributed by atoms with van der Waals surface area (Å²) in [5.74, 6) is 1.07. The van der Waals surface area contributed by atoms with Gasteiger partial charge in [0.1, 0.15) is 16.5 Å². The number of pyridine rings is 1. The molecule has 4 rings (SSSR count). The van der Waals surface area contributed by atoms with Crippen LogP contribution in [0.15, 0.2) is 29.4 Å². The van der Waals surface area contributed by atoms with Crippen LogP contribution in [-0.2, 0) is 18.4 Å². The van der Waals surface area contributed by atoms with Crippen molar-refractivity contribution in [2.45, 2.75) is 57.2 Å². The Bertz CT molecular complexity index is 1150. The molecule has 0 unspecified atom stereocenters. The van der Waals surface area contributed by atoms with Crippen LogP contribution in [0.1, 0.15) is 44.0 Å². The lowest BCUT2D eigenvalue weighted by atomic mass is 9.87. The maximum Gasteiger partial charge on any atom is 0.306 e. The molecule has 3 aromatic heterocycles. The van der Waals surface area contributed by atoms with Gasteiger partial charge in [-0.15, -0.1) is 16.9 Å². The number of nitrogens with zero attached hydrogens (tertiary/aromatic N) is 6. The third-order valence-corrected chi connectivity index (χ3v) is 6.64. The van der Waals surface area contributed by atoms with Crippen LogP contribution in [-0.4, -0.2) is 52.9 Å². The van der Waals surface area contributed by atoms with Gasteiger partial charge in [-0.2, -0.15) is 0 Å². The Morgan fingerprint density at radius 2 is 2.15 bits per heavy atom. The van der Waals surface area contributed by atoms with Gasteiger partial charge in [-0.1, -0.05) is 12.1 Å². The number of thioether (sulfide) groups is 1. The van der Waals surface area contributed by atoms with Gasteiger partial charge in [0.15, 0.2) is 0 Å².